The number of anilines is 1. The van der Waals surface area contributed by atoms with Crippen LogP contribution in [0.5, 0.6) is 0 Å². The third-order valence-electron chi connectivity index (χ3n) is 8.75. The van der Waals surface area contributed by atoms with Gasteiger partial charge in [0.2, 0.25) is 0 Å². The van der Waals surface area contributed by atoms with Crippen LogP contribution in [0.25, 0.3) is 11.1 Å². The maximum Gasteiger partial charge on any atom is 0.416 e. The number of aryl methyl sites for hydroxylation is 1. The average molecular weight is 635 g/mol. The van der Waals surface area contributed by atoms with Crippen molar-refractivity contribution >= 4 is 17.4 Å². The fourth-order valence-corrected chi connectivity index (χ4v) is 5.79. The highest BCUT2D eigenvalue weighted by atomic mass is 19.4. The molecule has 0 atom stereocenters. The lowest BCUT2D eigenvalue weighted by atomic mass is 9.78. The van der Waals surface area contributed by atoms with Gasteiger partial charge in [0.25, 0.3) is 0 Å². The first-order valence-electron chi connectivity index (χ1n) is 14.7. The molecule has 0 saturated heterocycles. The van der Waals surface area contributed by atoms with Gasteiger partial charge in [-0.25, -0.2) is 0 Å². The summed E-state index contributed by atoms with van der Waals surface area (Å²) in [6.45, 7) is 4.21. The number of nitrogens with one attached hydrogen (secondary N) is 1. The number of methoxy groups -OCH3 is 1. The van der Waals surface area contributed by atoms with E-state index in [1.54, 1.807) is 6.20 Å². The van der Waals surface area contributed by atoms with Gasteiger partial charge in [0, 0.05) is 23.6 Å². The molecule has 242 valence electrons. The summed E-state index contributed by atoms with van der Waals surface area (Å²) in [7, 11) is 1.38. The molecule has 1 N–H and O–H groups in total. The van der Waals surface area contributed by atoms with Gasteiger partial charge in [-0.3, -0.25) is 14.6 Å². The number of ether oxygens (including phenoxy) is 1. The number of carbonyl (C=O) groups is 2. The van der Waals surface area contributed by atoms with Gasteiger partial charge >= 0.3 is 18.3 Å². The van der Waals surface area contributed by atoms with E-state index in [-0.39, 0.29) is 36.0 Å². The summed E-state index contributed by atoms with van der Waals surface area (Å²) in [6, 6.07) is 10.9. The lowest BCUT2D eigenvalue weighted by Crippen LogP contribution is -2.35. The summed E-state index contributed by atoms with van der Waals surface area (Å²) < 4.78 is 85.8. The third-order valence-corrected chi connectivity index (χ3v) is 8.75. The van der Waals surface area contributed by atoms with Gasteiger partial charge in [-0.1, -0.05) is 24.3 Å². The Kier molecular flexibility index (Phi) is 9.99. The minimum absolute atomic E-state index is 0.0512. The highest BCUT2D eigenvalue weighted by Crippen LogP contribution is 2.41. The number of hydrogen-bond acceptors (Lipinski definition) is 5. The number of halogens is 6. The minimum atomic E-state index is -5.02. The molecule has 1 fully saturated rings. The Labute approximate surface area is 258 Å². The number of nitrogens with zero attached hydrogens (tertiary/aromatic N) is 1. The first-order chi connectivity index (χ1) is 21.0. The van der Waals surface area contributed by atoms with Crippen LogP contribution in [0.1, 0.15) is 79.8 Å². The summed E-state index contributed by atoms with van der Waals surface area (Å²) in [5.74, 6) is -0.400. The predicted octanol–water partition coefficient (Wildman–Crippen LogP) is 8.89. The van der Waals surface area contributed by atoms with Crippen LogP contribution in [0.2, 0.25) is 0 Å². The molecule has 1 aliphatic rings. The molecule has 1 aliphatic carbocycles. The number of ketones is 1. The average Bonchev–Trinajstić information content (AvgIpc) is 2.99. The van der Waals surface area contributed by atoms with Gasteiger partial charge in [-0.2, -0.15) is 26.3 Å². The van der Waals surface area contributed by atoms with E-state index in [2.05, 4.69) is 10.3 Å². The maximum atomic E-state index is 13.5. The molecular formula is C34H36F6N2O3. The van der Waals surface area contributed by atoms with Crippen molar-refractivity contribution < 1.29 is 40.7 Å². The van der Waals surface area contributed by atoms with E-state index < -0.39 is 34.7 Å². The molecule has 45 heavy (non-hydrogen) atoms. The number of benzene rings is 2. The SMILES string of the molecule is COC(=O)CC1CCC(c2cc(-c3ccccc3C)c(NCC(=O)C(C)(C)c3cc(C(F)(F)F)cc(C(F)(F)F)c3)cn2)CC1. The maximum absolute atomic E-state index is 13.5. The Hall–Kier alpha value is -3.89. The molecule has 0 radical (unpaired) electrons. The molecule has 5 nitrogen and oxygen atoms in total. The largest absolute Gasteiger partial charge is 0.469 e. The van der Waals surface area contributed by atoms with Crippen molar-refractivity contribution in [2.24, 2.45) is 5.92 Å². The number of carbonyl (C=O) groups excluding carboxylic acids is 2. The summed E-state index contributed by atoms with van der Waals surface area (Å²) >= 11 is 0. The minimum Gasteiger partial charge on any atom is -0.469 e. The van der Waals surface area contributed by atoms with Crippen LogP contribution in [-0.4, -0.2) is 30.4 Å². The Morgan fingerprint density at radius 2 is 1.44 bits per heavy atom. The van der Waals surface area contributed by atoms with Gasteiger partial charge in [0.1, 0.15) is 0 Å². The fraction of sp³-hybridized carbons (Fsp3) is 0.441. The van der Waals surface area contributed by atoms with E-state index >= 15 is 0 Å². The number of rotatable bonds is 9. The van der Waals surface area contributed by atoms with Crippen LogP contribution < -0.4 is 5.32 Å². The van der Waals surface area contributed by atoms with Crippen molar-refractivity contribution in [1.82, 2.24) is 4.98 Å². The number of esters is 1. The predicted molar refractivity (Wildman–Crippen MR) is 159 cm³/mol. The number of hydrogen-bond donors (Lipinski definition) is 1. The molecule has 0 unspecified atom stereocenters. The molecule has 0 spiro atoms. The summed E-state index contributed by atoms with van der Waals surface area (Å²) in [4.78, 5) is 29.8. The van der Waals surface area contributed by atoms with Crippen molar-refractivity contribution in [3.8, 4) is 11.1 Å². The Morgan fingerprint density at radius 3 is 2.00 bits per heavy atom. The number of alkyl halides is 6. The zero-order valence-electron chi connectivity index (χ0n) is 25.5. The van der Waals surface area contributed by atoms with Gasteiger partial charge in [-0.15, -0.1) is 0 Å². The second-order valence-electron chi connectivity index (χ2n) is 12.2. The summed E-state index contributed by atoms with van der Waals surface area (Å²) in [6.07, 6.45) is -4.64. The zero-order valence-corrected chi connectivity index (χ0v) is 25.5. The van der Waals surface area contributed by atoms with Gasteiger partial charge < -0.3 is 10.1 Å². The molecule has 1 saturated carbocycles. The zero-order chi connectivity index (χ0) is 33.2. The van der Waals surface area contributed by atoms with Crippen LogP contribution in [0.15, 0.2) is 54.7 Å². The van der Waals surface area contributed by atoms with Crippen LogP contribution in [0.3, 0.4) is 0 Å². The first-order valence-corrected chi connectivity index (χ1v) is 14.7. The molecular weight excluding hydrogens is 598 g/mol. The normalized spacial score (nSPS) is 17.6. The lowest BCUT2D eigenvalue weighted by molar-refractivity contribution is -0.144. The monoisotopic (exact) mass is 634 g/mol. The molecule has 1 heterocycles. The van der Waals surface area contributed by atoms with E-state index in [0.29, 0.717) is 24.2 Å². The second-order valence-corrected chi connectivity index (χ2v) is 12.2. The number of aromatic nitrogens is 1. The van der Waals surface area contributed by atoms with E-state index in [4.69, 9.17) is 4.74 Å². The lowest BCUT2D eigenvalue weighted by Gasteiger charge is -2.28. The van der Waals surface area contributed by atoms with Crippen molar-refractivity contribution in [2.75, 3.05) is 19.0 Å². The third kappa shape index (κ3) is 8.04. The fourth-order valence-electron chi connectivity index (χ4n) is 5.79. The standard InChI is InChI=1S/C34H36F6N2O3/c1-20-7-5-6-8-26(20)27-17-28(22-11-9-21(10-12-22)13-31(44)45-4)41-18-29(27)42-19-30(43)32(2,3)23-14-24(33(35,36)37)16-25(15-23)34(38,39)40/h5-8,14-18,21-22,42H,9-13,19H2,1-4H3. The smallest absolute Gasteiger partial charge is 0.416 e. The van der Waals surface area contributed by atoms with Crippen molar-refractivity contribution in [3.63, 3.8) is 0 Å². The Balaban J connectivity index is 1.60. The highest BCUT2D eigenvalue weighted by Gasteiger charge is 2.40. The van der Waals surface area contributed by atoms with Crippen LogP contribution in [0.4, 0.5) is 32.0 Å². The van der Waals surface area contributed by atoms with Crippen LogP contribution in [0, 0.1) is 12.8 Å². The van der Waals surface area contributed by atoms with E-state index in [1.165, 1.54) is 21.0 Å². The Bertz CT molecular complexity index is 1510. The number of Topliss-reactive ketones (excluding diaryl/α,β-unsaturated/α-hetero) is 1. The van der Waals surface area contributed by atoms with Gasteiger partial charge in [0.15, 0.2) is 5.78 Å². The van der Waals surface area contributed by atoms with Crippen molar-refractivity contribution in [2.45, 2.75) is 76.6 Å². The molecule has 4 rings (SSSR count). The summed E-state index contributed by atoms with van der Waals surface area (Å²) in [5.41, 5.74) is -0.984. The van der Waals surface area contributed by atoms with E-state index in [1.807, 2.05) is 37.3 Å². The van der Waals surface area contributed by atoms with Crippen molar-refractivity contribution in [1.29, 1.82) is 0 Å². The highest BCUT2D eigenvalue weighted by molar-refractivity contribution is 5.93. The van der Waals surface area contributed by atoms with Gasteiger partial charge in [-0.05, 0) is 93.3 Å². The molecule has 0 amide bonds. The first kappa shape index (κ1) is 34.0. The quantitative estimate of drug-likeness (QED) is 0.188. The van der Waals surface area contributed by atoms with E-state index in [0.717, 1.165) is 48.1 Å². The van der Waals surface area contributed by atoms with Gasteiger partial charge in [0.05, 0.1) is 42.1 Å². The molecule has 11 heteroatoms. The van der Waals surface area contributed by atoms with Crippen LogP contribution in [-0.2, 0) is 32.1 Å². The second kappa shape index (κ2) is 13.2. The van der Waals surface area contributed by atoms with E-state index in [9.17, 15) is 35.9 Å². The topological polar surface area (TPSA) is 68.3 Å². The van der Waals surface area contributed by atoms with Crippen LogP contribution >= 0.6 is 0 Å². The van der Waals surface area contributed by atoms with Crippen molar-refractivity contribution in [3.05, 3.63) is 82.7 Å². The molecule has 2 aromatic carbocycles. The molecule has 3 aromatic rings. The number of pyridine rings is 1. The summed E-state index contributed by atoms with van der Waals surface area (Å²) in [5, 5.41) is 3.06. The molecule has 1 aromatic heterocycles. The molecule has 0 bridgehead atoms. The molecule has 0 aliphatic heterocycles. The Morgan fingerprint density at radius 1 is 0.867 bits per heavy atom.